The molecule has 0 fully saturated rings. The molecule has 2 rings (SSSR count). The van der Waals surface area contributed by atoms with Crippen LogP contribution in [0.1, 0.15) is 15.9 Å². The van der Waals surface area contributed by atoms with Gasteiger partial charge in [0.1, 0.15) is 5.75 Å². The van der Waals surface area contributed by atoms with Crippen molar-refractivity contribution in [1.82, 2.24) is 0 Å². The van der Waals surface area contributed by atoms with Crippen LogP contribution in [0.15, 0.2) is 45.3 Å². The fraction of sp³-hybridized carbons (Fsp3) is 0.0714. The quantitative estimate of drug-likeness (QED) is 0.665. The third kappa shape index (κ3) is 3.02. The molecule has 19 heavy (non-hydrogen) atoms. The zero-order valence-electron chi connectivity index (χ0n) is 9.91. The average Bonchev–Trinajstić information content (AvgIpc) is 2.41. The van der Waals surface area contributed by atoms with Gasteiger partial charge in [0.15, 0.2) is 5.78 Å². The summed E-state index contributed by atoms with van der Waals surface area (Å²) in [5, 5.41) is 0.398. The van der Waals surface area contributed by atoms with Crippen molar-refractivity contribution in [3.8, 4) is 5.75 Å². The highest BCUT2D eigenvalue weighted by Crippen LogP contribution is 2.31. The average molecular weight is 404 g/mol. The molecule has 0 N–H and O–H groups in total. The van der Waals surface area contributed by atoms with Crippen molar-refractivity contribution in [2.45, 2.75) is 0 Å². The van der Waals surface area contributed by atoms with Crippen LogP contribution in [0.3, 0.4) is 0 Å². The van der Waals surface area contributed by atoms with Crippen LogP contribution >= 0.6 is 43.5 Å². The molecule has 2 aromatic rings. The summed E-state index contributed by atoms with van der Waals surface area (Å²) in [5.41, 5.74) is 0.907. The molecule has 2 nitrogen and oxygen atoms in total. The Hall–Kier alpha value is -0.840. The summed E-state index contributed by atoms with van der Waals surface area (Å²) in [5.74, 6) is 0.341. The molecule has 0 bridgehead atoms. The number of ether oxygens (including phenoxy) is 1. The van der Waals surface area contributed by atoms with Gasteiger partial charge in [-0.15, -0.1) is 0 Å². The Morgan fingerprint density at radius 3 is 2.58 bits per heavy atom. The highest BCUT2D eigenvalue weighted by atomic mass is 79.9. The van der Waals surface area contributed by atoms with E-state index in [1.54, 1.807) is 30.3 Å². The zero-order chi connectivity index (χ0) is 14.0. The second kappa shape index (κ2) is 6.07. The first-order chi connectivity index (χ1) is 9.04. The van der Waals surface area contributed by atoms with E-state index in [2.05, 4.69) is 31.9 Å². The number of halogens is 3. The van der Waals surface area contributed by atoms with Gasteiger partial charge in [-0.05, 0) is 46.3 Å². The van der Waals surface area contributed by atoms with Gasteiger partial charge in [-0.2, -0.15) is 0 Å². The smallest absolute Gasteiger partial charge is 0.198 e. The Balaban J connectivity index is 2.56. The van der Waals surface area contributed by atoms with Gasteiger partial charge in [0.2, 0.25) is 0 Å². The summed E-state index contributed by atoms with van der Waals surface area (Å²) in [4.78, 5) is 12.5. The standard InChI is InChI=1S/C14H9Br2ClO2/c1-19-12-6-5-8(15)7-10(12)14(18)9-3-2-4-11(16)13(9)17/h2-7H,1H3. The van der Waals surface area contributed by atoms with Crippen LogP contribution in [0.2, 0.25) is 5.02 Å². The molecule has 0 aromatic heterocycles. The lowest BCUT2D eigenvalue weighted by molar-refractivity contribution is 0.103. The Labute approximate surface area is 133 Å². The highest BCUT2D eigenvalue weighted by molar-refractivity contribution is 9.10. The number of methoxy groups -OCH3 is 1. The van der Waals surface area contributed by atoms with E-state index in [1.807, 2.05) is 6.07 Å². The van der Waals surface area contributed by atoms with E-state index in [0.717, 1.165) is 4.47 Å². The van der Waals surface area contributed by atoms with Crippen molar-refractivity contribution in [2.24, 2.45) is 0 Å². The minimum Gasteiger partial charge on any atom is -0.496 e. The maximum atomic E-state index is 12.5. The summed E-state index contributed by atoms with van der Waals surface area (Å²) in [7, 11) is 1.53. The molecule has 0 atom stereocenters. The lowest BCUT2D eigenvalue weighted by Crippen LogP contribution is -2.05. The molecule has 0 aliphatic heterocycles. The minimum atomic E-state index is -0.176. The fourth-order valence-corrected chi connectivity index (χ4v) is 2.62. The van der Waals surface area contributed by atoms with E-state index >= 15 is 0 Å². The molecule has 0 radical (unpaired) electrons. The fourth-order valence-electron chi connectivity index (χ4n) is 1.68. The monoisotopic (exact) mass is 402 g/mol. The van der Waals surface area contributed by atoms with E-state index in [0.29, 0.717) is 26.4 Å². The predicted octanol–water partition coefficient (Wildman–Crippen LogP) is 5.10. The second-order valence-corrected chi connectivity index (χ2v) is 5.92. The number of hydrogen-bond acceptors (Lipinski definition) is 2. The van der Waals surface area contributed by atoms with Crippen molar-refractivity contribution in [2.75, 3.05) is 7.11 Å². The van der Waals surface area contributed by atoms with Crippen LogP contribution in [0.25, 0.3) is 0 Å². The van der Waals surface area contributed by atoms with Crippen LogP contribution in [0, 0.1) is 0 Å². The van der Waals surface area contributed by atoms with Crippen LogP contribution in [-0.4, -0.2) is 12.9 Å². The zero-order valence-corrected chi connectivity index (χ0v) is 13.8. The van der Waals surface area contributed by atoms with Crippen molar-refractivity contribution in [3.63, 3.8) is 0 Å². The predicted molar refractivity (Wildman–Crippen MR) is 83.3 cm³/mol. The molecule has 2 aromatic carbocycles. The molecule has 0 aliphatic rings. The Morgan fingerprint density at radius 1 is 1.16 bits per heavy atom. The maximum absolute atomic E-state index is 12.5. The summed E-state index contributed by atoms with van der Waals surface area (Å²) >= 11 is 12.8. The Bertz CT molecular complexity index is 641. The lowest BCUT2D eigenvalue weighted by atomic mass is 10.0. The summed E-state index contributed by atoms with van der Waals surface area (Å²) < 4.78 is 6.71. The van der Waals surface area contributed by atoms with Gasteiger partial charge in [-0.1, -0.05) is 33.6 Å². The molecule has 0 heterocycles. The first kappa shape index (κ1) is 14.6. The number of carbonyl (C=O) groups excluding carboxylic acids is 1. The van der Waals surface area contributed by atoms with Crippen LogP contribution < -0.4 is 4.74 Å². The number of ketones is 1. The normalized spacial score (nSPS) is 10.3. The van der Waals surface area contributed by atoms with Gasteiger partial charge in [0, 0.05) is 14.5 Å². The SMILES string of the molecule is COc1ccc(Br)cc1C(=O)c1cccc(Br)c1Cl. The molecule has 0 saturated heterocycles. The first-order valence-electron chi connectivity index (χ1n) is 5.37. The molecular weight excluding hydrogens is 395 g/mol. The van der Waals surface area contributed by atoms with Gasteiger partial charge in [-0.25, -0.2) is 0 Å². The Morgan fingerprint density at radius 2 is 1.89 bits per heavy atom. The molecule has 0 saturated carbocycles. The number of carbonyl (C=O) groups is 1. The lowest BCUT2D eigenvalue weighted by Gasteiger charge is -2.10. The molecule has 98 valence electrons. The number of rotatable bonds is 3. The first-order valence-corrected chi connectivity index (χ1v) is 7.33. The largest absolute Gasteiger partial charge is 0.496 e. The third-order valence-electron chi connectivity index (χ3n) is 2.60. The van der Waals surface area contributed by atoms with E-state index in [9.17, 15) is 4.79 Å². The van der Waals surface area contributed by atoms with Gasteiger partial charge in [0.05, 0.1) is 17.7 Å². The molecule has 0 unspecified atom stereocenters. The van der Waals surface area contributed by atoms with E-state index in [-0.39, 0.29) is 5.78 Å². The van der Waals surface area contributed by atoms with Crippen LogP contribution in [0.4, 0.5) is 0 Å². The van der Waals surface area contributed by atoms with Gasteiger partial charge >= 0.3 is 0 Å². The Kier molecular flexibility index (Phi) is 4.66. The number of hydrogen-bond donors (Lipinski definition) is 0. The third-order valence-corrected chi connectivity index (χ3v) is 4.39. The van der Waals surface area contributed by atoms with E-state index in [1.165, 1.54) is 7.11 Å². The maximum Gasteiger partial charge on any atom is 0.198 e. The minimum absolute atomic E-state index is 0.176. The van der Waals surface area contributed by atoms with Gasteiger partial charge in [0.25, 0.3) is 0 Å². The molecule has 0 amide bonds. The van der Waals surface area contributed by atoms with E-state index < -0.39 is 0 Å². The molecule has 0 spiro atoms. The molecule has 0 aliphatic carbocycles. The summed E-state index contributed by atoms with van der Waals surface area (Å²) in [6.45, 7) is 0. The van der Waals surface area contributed by atoms with Crippen LogP contribution in [0.5, 0.6) is 5.75 Å². The molecular formula is C14H9Br2ClO2. The summed E-state index contributed by atoms with van der Waals surface area (Å²) in [6.07, 6.45) is 0. The van der Waals surface area contributed by atoms with Crippen molar-refractivity contribution < 1.29 is 9.53 Å². The topological polar surface area (TPSA) is 26.3 Å². The van der Waals surface area contributed by atoms with Crippen molar-refractivity contribution in [1.29, 1.82) is 0 Å². The van der Waals surface area contributed by atoms with Gasteiger partial charge in [-0.3, -0.25) is 4.79 Å². The second-order valence-electron chi connectivity index (χ2n) is 3.78. The molecule has 5 heteroatoms. The van der Waals surface area contributed by atoms with E-state index in [4.69, 9.17) is 16.3 Å². The van der Waals surface area contributed by atoms with Gasteiger partial charge < -0.3 is 4.74 Å². The highest BCUT2D eigenvalue weighted by Gasteiger charge is 2.18. The van der Waals surface area contributed by atoms with Crippen molar-refractivity contribution in [3.05, 3.63) is 61.5 Å². The summed E-state index contributed by atoms with van der Waals surface area (Å²) in [6, 6.07) is 10.5. The van der Waals surface area contributed by atoms with Crippen LogP contribution in [-0.2, 0) is 0 Å². The number of benzene rings is 2. The van der Waals surface area contributed by atoms with Crippen molar-refractivity contribution >= 4 is 49.2 Å².